The van der Waals surface area contributed by atoms with Crippen molar-refractivity contribution < 1.29 is 8.42 Å². The van der Waals surface area contributed by atoms with Crippen LogP contribution in [0.4, 0.5) is 10.8 Å². The maximum Gasteiger partial charge on any atom is 0.185 e. The summed E-state index contributed by atoms with van der Waals surface area (Å²) in [5, 5.41) is 3.81. The Morgan fingerprint density at radius 1 is 1.33 bits per heavy atom. The van der Waals surface area contributed by atoms with E-state index in [1.54, 1.807) is 0 Å². The third kappa shape index (κ3) is 4.82. The quantitative estimate of drug-likeness (QED) is 0.718. The maximum absolute atomic E-state index is 12.3. The zero-order valence-electron chi connectivity index (χ0n) is 13.2. The van der Waals surface area contributed by atoms with Crippen LogP contribution in [0.25, 0.3) is 0 Å². The van der Waals surface area contributed by atoms with Gasteiger partial charge in [-0.3, -0.25) is 0 Å². The molecule has 0 fully saturated rings. The predicted octanol–water partition coefficient (Wildman–Crippen LogP) is 2.05. The Morgan fingerprint density at radius 2 is 1.95 bits per heavy atom. The molecule has 1 heterocycles. The van der Waals surface area contributed by atoms with E-state index >= 15 is 0 Å². The van der Waals surface area contributed by atoms with Gasteiger partial charge < -0.3 is 16.0 Å². The van der Waals surface area contributed by atoms with Crippen molar-refractivity contribution in [2.45, 2.75) is 45.1 Å². The van der Waals surface area contributed by atoms with Gasteiger partial charge in [0.1, 0.15) is 9.90 Å². The number of anilines is 2. The summed E-state index contributed by atoms with van der Waals surface area (Å²) in [6.07, 6.45) is 0.562. The molecule has 122 valence electrons. The van der Waals surface area contributed by atoms with Crippen molar-refractivity contribution in [1.29, 1.82) is 0 Å². The monoisotopic (exact) mass is 334 g/mol. The lowest BCUT2D eigenvalue weighted by Crippen LogP contribution is -2.34. The predicted molar refractivity (Wildman–Crippen MR) is 89.7 cm³/mol. The van der Waals surface area contributed by atoms with Gasteiger partial charge in [-0.05, 0) is 38.0 Å². The van der Waals surface area contributed by atoms with Crippen LogP contribution in [0.2, 0.25) is 0 Å². The average molecular weight is 335 g/mol. The summed E-state index contributed by atoms with van der Waals surface area (Å²) in [5.74, 6) is 0.195. The number of likely N-dealkylation sites (N-methyl/N-ethyl adjacent to an activating group) is 1. The second-order valence-corrected chi connectivity index (χ2v) is 7.90. The zero-order chi connectivity index (χ0) is 16.0. The van der Waals surface area contributed by atoms with Crippen molar-refractivity contribution in [3.8, 4) is 0 Å². The number of rotatable bonds is 9. The van der Waals surface area contributed by atoms with Crippen LogP contribution < -0.4 is 11.1 Å². The van der Waals surface area contributed by atoms with Crippen molar-refractivity contribution in [2.24, 2.45) is 0 Å². The first-order valence-corrected chi connectivity index (χ1v) is 9.75. The van der Waals surface area contributed by atoms with Crippen LogP contribution in [0.5, 0.6) is 0 Å². The van der Waals surface area contributed by atoms with E-state index < -0.39 is 9.84 Å². The largest absolute Gasteiger partial charge is 0.382 e. The van der Waals surface area contributed by atoms with Gasteiger partial charge in [-0.2, -0.15) is 4.37 Å². The molecular weight excluding hydrogens is 308 g/mol. The summed E-state index contributed by atoms with van der Waals surface area (Å²) in [7, 11) is -3.37. The van der Waals surface area contributed by atoms with E-state index in [9.17, 15) is 8.42 Å². The first-order chi connectivity index (χ1) is 9.85. The molecule has 0 aliphatic carbocycles. The lowest BCUT2D eigenvalue weighted by atomic mass is 10.3. The smallest absolute Gasteiger partial charge is 0.185 e. The molecule has 1 atom stereocenters. The summed E-state index contributed by atoms with van der Waals surface area (Å²) in [6.45, 7) is 10.9. The van der Waals surface area contributed by atoms with Crippen molar-refractivity contribution in [2.75, 3.05) is 36.4 Å². The van der Waals surface area contributed by atoms with E-state index in [1.807, 2.05) is 13.8 Å². The molecule has 1 aromatic heterocycles. The van der Waals surface area contributed by atoms with Crippen LogP contribution in [0.1, 0.15) is 34.1 Å². The van der Waals surface area contributed by atoms with E-state index in [-0.39, 0.29) is 22.5 Å². The molecule has 1 unspecified atom stereocenters. The molecule has 0 aliphatic rings. The molecule has 0 amide bonds. The van der Waals surface area contributed by atoms with E-state index in [0.717, 1.165) is 31.2 Å². The number of nitrogens with two attached hydrogens (primary N) is 1. The number of nitrogens with zero attached hydrogens (tertiary/aromatic N) is 2. The SMILES string of the molecule is CCCS(=O)(=O)c1c(N)nsc1NC(C)CN(CC)CC. The third-order valence-corrected chi connectivity index (χ3v) is 6.16. The maximum atomic E-state index is 12.3. The van der Waals surface area contributed by atoms with Crippen LogP contribution in [0, 0.1) is 0 Å². The van der Waals surface area contributed by atoms with Gasteiger partial charge >= 0.3 is 0 Å². The number of hydrogen-bond acceptors (Lipinski definition) is 7. The minimum Gasteiger partial charge on any atom is -0.382 e. The van der Waals surface area contributed by atoms with Crippen molar-refractivity contribution in [3.63, 3.8) is 0 Å². The van der Waals surface area contributed by atoms with Gasteiger partial charge in [-0.15, -0.1) is 0 Å². The number of hydrogen-bond donors (Lipinski definition) is 2. The molecule has 0 aliphatic heterocycles. The van der Waals surface area contributed by atoms with E-state index in [0.29, 0.717) is 11.4 Å². The normalized spacial score (nSPS) is 13.6. The van der Waals surface area contributed by atoms with Gasteiger partial charge in [0.2, 0.25) is 0 Å². The fraction of sp³-hybridized carbons (Fsp3) is 0.769. The second kappa shape index (κ2) is 7.95. The summed E-state index contributed by atoms with van der Waals surface area (Å²) in [6, 6.07) is 0.125. The van der Waals surface area contributed by atoms with E-state index in [2.05, 4.69) is 28.4 Å². The van der Waals surface area contributed by atoms with Crippen LogP contribution in [-0.4, -0.2) is 49.1 Å². The number of sulfone groups is 1. The van der Waals surface area contributed by atoms with Gasteiger partial charge in [0.05, 0.1) is 5.75 Å². The van der Waals surface area contributed by atoms with Gasteiger partial charge in [0.25, 0.3) is 0 Å². The number of nitrogen functional groups attached to an aromatic ring is 1. The molecular formula is C13H26N4O2S2. The molecule has 3 N–H and O–H groups in total. The van der Waals surface area contributed by atoms with Crippen molar-refractivity contribution in [1.82, 2.24) is 9.27 Å². The highest BCUT2D eigenvalue weighted by molar-refractivity contribution is 7.91. The van der Waals surface area contributed by atoms with Crippen LogP contribution in [0.15, 0.2) is 4.90 Å². The number of nitrogens with one attached hydrogen (secondary N) is 1. The van der Waals surface area contributed by atoms with Crippen molar-refractivity contribution >= 4 is 32.2 Å². The highest BCUT2D eigenvalue weighted by Crippen LogP contribution is 2.33. The first-order valence-electron chi connectivity index (χ1n) is 7.32. The summed E-state index contributed by atoms with van der Waals surface area (Å²) < 4.78 is 28.6. The van der Waals surface area contributed by atoms with Crippen LogP contribution >= 0.6 is 11.5 Å². The topological polar surface area (TPSA) is 88.3 Å². The lowest BCUT2D eigenvalue weighted by molar-refractivity contribution is 0.295. The first kappa shape index (κ1) is 18.2. The molecule has 1 rings (SSSR count). The number of aromatic nitrogens is 1. The highest BCUT2D eigenvalue weighted by atomic mass is 32.2. The molecule has 1 aromatic rings. The lowest BCUT2D eigenvalue weighted by Gasteiger charge is -2.23. The molecule has 21 heavy (non-hydrogen) atoms. The second-order valence-electron chi connectivity index (χ2n) is 5.08. The van der Waals surface area contributed by atoms with Crippen molar-refractivity contribution in [3.05, 3.63) is 0 Å². The van der Waals surface area contributed by atoms with Crippen LogP contribution in [-0.2, 0) is 9.84 Å². The van der Waals surface area contributed by atoms with E-state index in [1.165, 1.54) is 0 Å². The fourth-order valence-corrected chi connectivity index (χ4v) is 4.92. The molecule has 0 bridgehead atoms. The van der Waals surface area contributed by atoms with Gasteiger partial charge in [0.15, 0.2) is 15.7 Å². The molecule has 0 spiro atoms. The molecule has 6 nitrogen and oxygen atoms in total. The standard InChI is InChI=1S/C13H26N4O2S2/c1-5-8-21(18,19)11-12(14)16-20-13(11)15-10(4)9-17(6-2)7-3/h10,15H,5-9H2,1-4H3,(H2,14,16). The van der Waals surface area contributed by atoms with Gasteiger partial charge in [-0.25, -0.2) is 8.42 Å². The molecule has 0 saturated carbocycles. The molecule has 0 radical (unpaired) electrons. The highest BCUT2D eigenvalue weighted by Gasteiger charge is 2.25. The molecule has 0 aromatic carbocycles. The Morgan fingerprint density at radius 3 is 2.48 bits per heavy atom. The Balaban J connectivity index is 2.90. The minimum absolute atomic E-state index is 0.0920. The average Bonchev–Trinajstić information content (AvgIpc) is 2.77. The summed E-state index contributed by atoms with van der Waals surface area (Å²) >= 11 is 1.12. The van der Waals surface area contributed by atoms with Gasteiger partial charge in [-0.1, -0.05) is 20.8 Å². The Labute approximate surface area is 131 Å². The Bertz CT molecular complexity index is 538. The fourth-order valence-electron chi connectivity index (χ4n) is 2.20. The Kier molecular flexibility index (Phi) is 6.89. The van der Waals surface area contributed by atoms with Crippen LogP contribution in [0.3, 0.4) is 0 Å². The molecule has 8 heteroatoms. The zero-order valence-corrected chi connectivity index (χ0v) is 14.9. The Hall–Kier alpha value is -0.860. The summed E-state index contributed by atoms with van der Waals surface area (Å²) in [5.41, 5.74) is 5.76. The molecule has 0 saturated heterocycles. The van der Waals surface area contributed by atoms with Gasteiger partial charge in [0, 0.05) is 12.6 Å². The summed E-state index contributed by atoms with van der Waals surface area (Å²) in [4.78, 5) is 2.45. The third-order valence-electron chi connectivity index (χ3n) is 3.26. The van der Waals surface area contributed by atoms with E-state index in [4.69, 9.17) is 5.73 Å². The minimum atomic E-state index is -3.37.